The Morgan fingerprint density at radius 3 is 2.62 bits per heavy atom. The van der Waals surface area contributed by atoms with Gasteiger partial charge in [-0.2, -0.15) is 8.78 Å². The van der Waals surface area contributed by atoms with Gasteiger partial charge in [-0.05, 0) is 6.07 Å². The molecule has 0 spiro atoms. The van der Waals surface area contributed by atoms with Crippen molar-refractivity contribution in [3.63, 3.8) is 0 Å². The Morgan fingerprint density at radius 1 is 1.38 bits per heavy atom. The van der Waals surface area contributed by atoms with Gasteiger partial charge in [0.15, 0.2) is 0 Å². The Kier molecular flexibility index (Phi) is 3.89. The lowest BCUT2D eigenvalue weighted by Gasteiger charge is -2.22. The third kappa shape index (κ3) is 3.32. The summed E-state index contributed by atoms with van der Waals surface area (Å²) in [6.45, 7) is 0.417. The molecule has 1 aromatic rings. The summed E-state index contributed by atoms with van der Waals surface area (Å²) in [5, 5.41) is 4.38. The van der Waals surface area contributed by atoms with Crippen molar-refractivity contribution in [2.24, 2.45) is 0 Å². The first kappa shape index (κ1) is 15.3. The fourth-order valence-electron chi connectivity index (χ4n) is 2.13. The Labute approximate surface area is 117 Å². The van der Waals surface area contributed by atoms with Crippen LogP contribution in [0.25, 0.3) is 0 Å². The molecule has 0 unspecified atom stereocenters. The van der Waals surface area contributed by atoms with Crippen LogP contribution in [0, 0.1) is 11.6 Å². The Morgan fingerprint density at radius 2 is 2.05 bits per heavy atom. The largest absolute Gasteiger partial charge is 0.347 e. The molecular formula is C13H12F4N2O2. The lowest BCUT2D eigenvalue weighted by Crippen LogP contribution is -2.45. The van der Waals surface area contributed by atoms with Crippen LogP contribution in [-0.2, 0) is 9.59 Å². The summed E-state index contributed by atoms with van der Waals surface area (Å²) in [5.74, 6) is -7.42. The van der Waals surface area contributed by atoms with Gasteiger partial charge in [-0.1, -0.05) is 6.07 Å². The van der Waals surface area contributed by atoms with Crippen LogP contribution < -0.4 is 10.6 Å². The molecule has 2 atom stereocenters. The first-order valence-electron chi connectivity index (χ1n) is 6.11. The maximum atomic E-state index is 13.7. The highest BCUT2D eigenvalue weighted by Crippen LogP contribution is 2.28. The van der Waals surface area contributed by atoms with Crippen molar-refractivity contribution in [1.82, 2.24) is 10.6 Å². The van der Waals surface area contributed by atoms with Crippen molar-refractivity contribution in [1.29, 1.82) is 0 Å². The minimum Gasteiger partial charge on any atom is -0.347 e. The van der Waals surface area contributed by atoms with E-state index in [2.05, 4.69) is 5.32 Å². The zero-order valence-corrected chi connectivity index (χ0v) is 10.9. The molecule has 114 valence electrons. The normalized spacial score (nSPS) is 22.0. The van der Waals surface area contributed by atoms with Crippen LogP contribution in [0.1, 0.15) is 24.9 Å². The number of halogens is 4. The minimum absolute atomic E-state index is 0.0769. The van der Waals surface area contributed by atoms with Crippen molar-refractivity contribution in [3.8, 4) is 0 Å². The lowest BCUT2D eigenvalue weighted by molar-refractivity contribution is -0.143. The van der Waals surface area contributed by atoms with E-state index in [1.165, 1.54) is 0 Å². The number of alkyl halides is 2. The smallest absolute Gasteiger partial charge is 0.321 e. The van der Waals surface area contributed by atoms with Crippen LogP contribution in [-0.4, -0.2) is 23.8 Å². The van der Waals surface area contributed by atoms with E-state index in [9.17, 15) is 27.2 Å². The second-order valence-electron chi connectivity index (χ2n) is 4.88. The molecule has 0 bridgehead atoms. The van der Waals surface area contributed by atoms with Crippen LogP contribution in [0.5, 0.6) is 0 Å². The molecule has 8 heteroatoms. The molecule has 0 aromatic heterocycles. The van der Waals surface area contributed by atoms with E-state index in [1.54, 1.807) is 0 Å². The molecule has 1 saturated heterocycles. The molecular weight excluding hydrogens is 292 g/mol. The van der Waals surface area contributed by atoms with Crippen LogP contribution >= 0.6 is 0 Å². The van der Waals surface area contributed by atoms with E-state index in [-0.39, 0.29) is 12.0 Å². The van der Waals surface area contributed by atoms with Crippen LogP contribution in [0.4, 0.5) is 17.6 Å². The standard InChI is InChI=1S/C13H12F4N2O2/c1-13(16,17)12(21)18-9-5-10(20)19-11(9)7-3-2-6(14)4-8(7)15/h2-4,9,11H,5H2,1H3,(H,18,21)(H,19,20)/t9-,11+/m0/s1. The van der Waals surface area contributed by atoms with Crippen molar-refractivity contribution >= 4 is 11.8 Å². The molecule has 0 saturated carbocycles. The summed E-state index contributed by atoms with van der Waals surface area (Å²) < 4.78 is 52.4. The SMILES string of the molecule is CC(F)(F)C(=O)N[C@H]1CC(=O)N[C@@H]1c1ccc(F)cc1F. The van der Waals surface area contributed by atoms with Gasteiger partial charge in [0.25, 0.3) is 5.91 Å². The van der Waals surface area contributed by atoms with Gasteiger partial charge in [-0.15, -0.1) is 0 Å². The lowest BCUT2D eigenvalue weighted by atomic mass is 10.00. The van der Waals surface area contributed by atoms with Crippen molar-refractivity contribution in [2.45, 2.75) is 31.4 Å². The monoisotopic (exact) mass is 304 g/mol. The highest BCUT2D eigenvalue weighted by atomic mass is 19.3. The zero-order chi connectivity index (χ0) is 15.8. The summed E-state index contributed by atoms with van der Waals surface area (Å²) in [6.07, 6.45) is -0.261. The third-order valence-electron chi connectivity index (χ3n) is 3.14. The van der Waals surface area contributed by atoms with Gasteiger partial charge in [0.1, 0.15) is 11.6 Å². The fourth-order valence-corrected chi connectivity index (χ4v) is 2.13. The van der Waals surface area contributed by atoms with Crippen LogP contribution in [0.3, 0.4) is 0 Å². The molecule has 2 rings (SSSR count). The Bertz CT molecular complexity index is 586. The van der Waals surface area contributed by atoms with Gasteiger partial charge in [0, 0.05) is 25.0 Å². The zero-order valence-electron chi connectivity index (χ0n) is 10.9. The Balaban J connectivity index is 2.24. The van der Waals surface area contributed by atoms with Crippen molar-refractivity contribution in [3.05, 3.63) is 35.4 Å². The molecule has 21 heavy (non-hydrogen) atoms. The van der Waals surface area contributed by atoms with Crippen molar-refractivity contribution < 1.29 is 27.2 Å². The maximum absolute atomic E-state index is 13.7. The number of carbonyl (C=O) groups is 2. The topological polar surface area (TPSA) is 58.2 Å². The molecule has 1 fully saturated rings. The van der Waals surface area contributed by atoms with E-state index < -0.39 is 41.5 Å². The summed E-state index contributed by atoms with van der Waals surface area (Å²) in [7, 11) is 0. The van der Waals surface area contributed by atoms with E-state index in [0.717, 1.165) is 12.1 Å². The highest BCUT2D eigenvalue weighted by Gasteiger charge is 2.40. The maximum Gasteiger partial charge on any atom is 0.321 e. The predicted octanol–water partition coefficient (Wildman–Crippen LogP) is 1.67. The molecule has 1 heterocycles. The number of hydrogen-bond donors (Lipinski definition) is 2. The first-order valence-corrected chi connectivity index (χ1v) is 6.11. The summed E-state index contributed by atoms with van der Waals surface area (Å²) >= 11 is 0. The highest BCUT2D eigenvalue weighted by molar-refractivity contribution is 5.86. The summed E-state index contributed by atoms with van der Waals surface area (Å²) in [5.41, 5.74) is -0.0769. The number of benzene rings is 1. The van der Waals surface area contributed by atoms with Crippen LogP contribution in [0.15, 0.2) is 18.2 Å². The summed E-state index contributed by atoms with van der Waals surface area (Å²) in [4.78, 5) is 22.7. The van der Waals surface area contributed by atoms with Gasteiger partial charge in [0.2, 0.25) is 5.91 Å². The number of rotatable bonds is 3. The Hall–Kier alpha value is -2.12. The van der Waals surface area contributed by atoms with Gasteiger partial charge in [-0.25, -0.2) is 8.78 Å². The number of hydrogen-bond acceptors (Lipinski definition) is 2. The minimum atomic E-state index is -3.61. The number of amides is 2. The van der Waals surface area contributed by atoms with Gasteiger partial charge >= 0.3 is 5.92 Å². The van der Waals surface area contributed by atoms with Gasteiger partial charge in [-0.3, -0.25) is 9.59 Å². The average molecular weight is 304 g/mol. The quantitative estimate of drug-likeness (QED) is 0.835. The fraction of sp³-hybridized carbons (Fsp3) is 0.385. The third-order valence-corrected chi connectivity index (χ3v) is 3.14. The molecule has 2 N–H and O–H groups in total. The molecule has 1 aliphatic rings. The molecule has 4 nitrogen and oxygen atoms in total. The number of nitrogens with one attached hydrogen (secondary N) is 2. The molecule has 0 radical (unpaired) electrons. The van der Waals surface area contributed by atoms with Crippen LogP contribution in [0.2, 0.25) is 0 Å². The van der Waals surface area contributed by atoms with Crippen molar-refractivity contribution in [2.75, 3.05) is 0 Å². The van der Waals surface area contributed by atoms with E-state index in [1.807, 2.05) is 5.32 Å². The molecule has 2 amide bonds. The van der Waals surface area contributed by atoms with E-state index in [0.29, 0.717) is 13.0 Å². The van der Waals surface area contributed by atoms with E-state index >= 15 is 0 Å². The molecule has 1 aromatic carbocycles. The predicted molar refractivity (Wildman–Crippen MR) is 64.4 cm³/mol. The molecule has 0 aliphatic carbocycles. The van der Waals surface area contributed by atoms with Gasteiger partial charge < -0.3 is 10.6 Å². The second kappa shape index (κ2) is 5.34. The van der Waals surface area contributed by atoms with E-state index in [4.69, 9.17) is 0 Å². The number of carbonyl (C=O) groups excluding carboxylic acids is 2. The first-order chi connectivity index (χ1) is 9.68. The van der Waals surface area contributed by atoms with Gasteiger partial charge in [0.05, 0.1) is 12.1 Å². The summed E-state index contributed by atoms with van der Waals surface area (Å²) in [6, 6.07) is 0.646. The average Bonchev–Trinajstić information content (AvgIpc) is 2.69. The second-order valence-corrected chi connectivity index (χ2v) is 4.88. The molecule has 1 aliphatic heterocycles.